The third kappa shape index (κ3) is 7.87. The molecule has 0 heterocycles. The average Bonchev–Trinajstić information content (AvgIpc) is 2.33. The molecule has 0 aromatic heterocycles. The maximum absolute atomic E-state index is 11.7. The Balaban J connectivity index is 4.59. The summed E-state index contributed by atoms with van der Waals surface area (Å²) in [7, 11) is 0. The molecule has 2 N–H and O–H groups in total. The van der Waals surface area contributed by atoms with Crippen LogP contribution in [0.25, 0.3) is 0 Å². The Bertz CT molecular complexity index is 482. The summed E-state index contributed by atoms with van der Waals surface area (Å²) < 4.78 is 8.37. The Morgan fingerprint density at radius 1 is 1.09 bits per heavy atom. The first kappa shape index (κ1) is 21.2. The molecule has 0 aromatic carbocycles. The first-order valence-corrected chi connectivity index (χ1v) is 7.62. The number of carboxylic acid groups (broad SMARTS) is 1. The highest BCUT2D eigenvalue weighted by molar-refractivity contribution is 8.14. The zero-order chi connectivity index (χ0) is 18.4. The van der Waals surface area contributed by atoms with E-state index in [0.717, 1.165) is 0 Å². The smallest absolute Gasteiger partial charge is 0.370 e. The Morgan fingerprint density at radius 2 is 1.61 bits per heavy atom. The zero-order valence-electron chi connectivity index (χ0n) is 14.1. The summed E-state index contributed by atoms with van der Waals surface area (Å²) in [5.41, 5.74) is -0.724. The van der Waals surface area contributed by atoms with Crippen LogP contribution in [0.4, 0.5) is 4.79 Å². The van der Waals surface area contributed by atoms with Crippen molar-refractivity contribution in [2.45, 2.75) is 52.3 Å². The molecule has 0 unspecified atom stereocenters. The summed E-state index contributed by atoms with van der Waals surface area (Å²) in [5.74, 6) is -2.33. The van der Waals surface area contributed by atoms with Gasteiger partial charge in [0.05, 0.1) is 10.2 Å². The molecular weight excluding hydrogens is 326 g/mol. The van der Waals surface area contributed by atoms with Crippen LogP contribution < -0.4 is 5.32 Å². The van der Waals surface area contributed by atoms with Crippen molar-refractivity contribution in [3.05, 3.63) is 0 Å². The Kier molecular flexibility index (Phi) is 7.56. The number of amides is 1. The SMILES string of the molecule is CC(=O)N[C@@H](C(=O)O)C(C)(C)SC(=O)OCOC(=O)C(C)(C)C. The number of carboxylic acids is 1. The zero-order valence-corrected chi connectivity index (χ0v) is 14.9. The van der Waals surface area contributed by atoms with E-state index in [9.17, 15) is 19.2 Å². The van der Waals surface area contributed by atoms with Crippen LogP contribution in [0.2, 0.25) is 0 Å². The standard InChI is InChI=1S/C14H23NO7S/c1-8(16)15-9(10(17)18)14(5,6)23-12(20)22-7-21-11(19)13(2,3)4/h9H,7H2,1-6H3,(H,15,16)(H,17,18)/t9-/m0/s1. The number of thioether (sulfide) groups is 1. The molecule has 0 aliphatic heterocycles. The molecule has 0 rings (SSSR count). The molecule has 1 atom stereocenters. The fourth-order valence-electron chi connectivity index (χ4n) is 1.39. The van der Waals surface area contributed by atoms with Crippen molar-refractivity contribution in [1.29, 1.82) is 0 Å². The topological polar surface area (TPSA) is 119 Å². The van der Waals surface area contributed by atoms with Crippen LogP contribution in [0.5, 0.6) is 0 Å². The summed E-state index contributed by atoms with van der Waals surface area (Å²) in [6, 6.07) is -1.28. The molecule has 9 heteroatoms. The van der Waals surface area contributed by atoms with Crippen LogP contribution in [0.1, 0.15) is 41.5 Å². The number of aliphatic carboxylic acids is 1. The fourth-order valence-corrected chi connectivity index (χ4v) is 2.20. The minimum atomic E-state index is -1.28. The first-order chi connectivity index (χ1) is 10.3. The van der Waals surface area contributed by atoms with Crippen LogP contribution in [-0.4, -0.2) is 45.8 Å². The lowest BCUT2D eigenvalue weighted by Gasteiger charge is -2.29. The van der Waals surface area contributed by atoms with Gasteiger partial charge in [0.2, 0.25) is 12.7 Å². The summed E-state index contributed by atoms with van der Waals surface area (Å²) in [5, 5.41) is 10.6. The molecule has 0 bridgehead atoms. The van der Waals surface area contributed by atoms with Crippen molar-refractivity contribution in [2.24, 2.45) is 5.41 Å². The van der Waals surface area contributed by atoms with Crippen LogP contribution in [0.3, 0.4) is 0 Å². The highest BCUT2D eigenvalue weighted by Crippen LogP contribution is 2.30. The van der Waals surface area contributed by atoms with E-state index in [1.54, 1.807) is 20.8 Å². The number of ether oxygens (including phenoxy) is 2. The molecule has 0 spiro atoms. The van der Waals surface area contributed by atoms with E-state index in [0.29, 0.717) is 11.8 Å². The van der Waals surface area contributed by atoms with Crippen LogP contribution >= 0.6 is 11.8 Å². The van der Waals surface area contributed by atoms with E-state index in [2.05, 4.69) is 5.32 Å². The normalized spacial score (nSPS) is 13.0. The minimum Gasteiger partial charge on any atom is -0.480 e. The van der Waals surface area contributed by atoms with Crippen molar-refractivity contribution >= 4 is 34.9 Å². The number of hydrogen-bond acceptors (Lipinski definition) is 7. The molecule has 23 heavy (non-hydrogen) atoms. The molecule has 0 radical (unpaired) electrons. The quantitative estimate of drug-likeness (QED) is 0.550. The predicted molar refractivity (Wildman–Crippen MR) is 83.8 cm³/mol. The number of carbonyl (C=O) groups excluding carboxylic acids is 3. The summed E-state index contributed by atoms with van der Waals surface area (Å²) in [4.78, 5) is 45.6. The van der Waals surface area contributed by atoms with Crippen molar-refractivity contribution in [3.63, 3.8) is 0 Å². The first-order valence-electron chi connectivity index (χ1n) is 6.80. The largest absolute Gasteiger partial charge is 0.480 e. The number of esters is 1. The van der Waals surface area contributed by atoms with Crippen molar-refractivity contribution in [3.8, 4) is 0 Å². The van der Waals surface area contributed by atoms with Gasteiger partial charge < -0.3 is 19.9 Å². The lowest BCUT2D eigenvalue weighted by Crippen LogP contribution is -2.52. The molecule has 0 aliphatic carbocycles. The molecule has 132 valence electrons. The maximum atomic E-state index is 11.7. The second-order valence-electron chi connectivity index (χ2n) is 6.37. The van der Waals surface area contributed by atoms with Crippen molar-refractivity contribution < 1.29 is 33.8 Å². The van der Waals surface area contributed by atoms with Crippen molar-refractivity contribution in [2.75, 3.05) is 6.79 Å². The number of nitrogens with one attached hydrogen (secondary N) is 1. The van der Waals surface area contributed by atoms with E-state index in [1.165, 1.54) is 20.8 Å². The average molecular weight is 349 g/mol. The molecule has 0 aromatic rings. The second kappa shape index (κ2) is 8.19. The number of carbonyl (C=O) groups is 4. The van der Waals surface area contributed by atoms with Gasteiger partial charge in [-0.3, -0.25) is 9.59 Å². The van der Waals surface area contributed by atoms with Gasteiger partial charge in [0, 0.05) is 6.92 Å². The highest BCUT2D eigenvalue weighted by atomic mass is 32.2. The highest BCUT2D eigenvalue weighted by Gasteiger charge is 2.39. The monoisotopic (exact) mass is 349 g/mol. The Morgan fingerprint density at radius 3 is 2.00 bits per heavy atom. The lowest BCUT2D eigenvalue weighted by molar-refractivity contribution is -0.160. The van der Waals surface area contributed by atoms with E-state index in [4.69, 9.17) is 14.6 Å². The molecule has 8 nitrogen and oxygen atoms in total. The van der Waals surface area contributed by atoms with Gasteiger partial charge in [-0.1, -0.05) is 0 Å². The predicted octanol–water partition coefficient (Wildman–Crippen LogP) is 1.77. The van der Waals surface area contributed by atoms with Gasteiger partial charge in [0.15, 0.2) is 0 Å². The van der Waals surface area contributed by atoms with Crippen molar-refractivity contribution in [1.82, 2.24) is 5.32 Å². The Labute approximate surface area is 139 Å². The van der Waals surface area contributed by atoms with Gasteiger partial charge in [-0.05, 0) is 46.4 Å². The van der Waals surface area contributed by atoms with Crippen LogP contribution in [0.15, 0.2) is 0 Å². The van der Waals surface area contributed by atoms with Gasteiger partial charge in [0.25, 0.3) is 0 Å². The third-order valence-corrected chi connectivity index (χ3v) is 3.66. The van der Waals surface area contributed by atoms with Crippen LogP contribution in [0, 0.1) is 5.41 Å². The minimum absolute atomic E-state index is 0.529. The molecule has 0 saturated carbocycles. The molecular formula is C14H23NO7S. The van der Waals surface area contributed by atoms with Gasteiger partial charge in [-0.2, -0.15) is 0 Å². The number of rotatable bonds is 6. The van der Waals surface area contributed by atoms with Gasteiger partial charge in [-0.25, -0.2) is 9.59 Å². The molecule has 0 aliphatic rings. The van der Waals surface area contributed by atoms with E-state index >= 15 is 0 Å². The Hall–Kier alpha value is -1.77. The van der Waals surface area contributed by atoms with Crippen LogP contribution in [-0.2, 0) is 23.9 Å². The summed E-state index contributed by atoms with van der Waals surface area (Å²) in [6.07, 6.45) is 0. The summed E-state index contributed by atoms with van der Waals surface area (Å²) >= 11 is 0.591. The molecule has 1 amide bonds. The van der Waals surface area contributed by atoms with E-state index in [-0.39, 0.29) is 0 Å². The third-order valence-electron chi connectivity index (χ3n) is 2.62. The molecule has 0 saturated heterocycles. The van der Waals surface area contributed by atoms with Gasteiger partial charge >= 0.3 is 17.2 Å². The summed E-state index contributed by atoms with van der Waals surface area (Å²) in [6.45, 7) is 8.54. The van der Waals surface area contributed by atoms with Gasteiger partial charge in [-0.15, -0.1) is 0 Å². The van der Waals surface area contributed by atoms with E-state index in [1.807, 2.05) is 0 Å². The van der Waals surface area contributed by atoms with Gasteiger partial charge in [0.1, 0.15) is 6.04 Å². The number of hydrogen-bond donors (Lipinski definition) is 2. The second-order valence-corrected chi connectivity index (χ2v) is 7.96. The van der Waals surface area contributed by atoms with E-state index < -0.39 is 46.1 Å². The lowest BCUT2D eigenvalue weighted by atomic mass is 9.98. The fraction of sp³-hybridized carbons (Fsp3) is 0.714. The molecule has 0 fully saturated rings. The maximum Gasteiger partial charge on any atom is 0.370 e.